The maximum Gasteiger partial charge on any atom is 0.115 e. The largest absolute Gasteiger partial charge is 0.508 e. The van der Waals surface area contributed by atoms with Gasteiger partial charge in [0.05, 0.1) is 0 Å². The quantitative estimate of drug-likeness (QED) is 0.812. The molecular weight excluding hydrogens is 236 g/mol. The van der Waals surface area contributed by atoms with Crippen molar-refractivity contribution in [2.75, 3.05) is 0 Å². The van der Waals surface area contributed by atoms with Crippen molar-refractivity contribution in [2.45, 2.75) is 38.3 Å². The summed E-state index contributed by atoms with van der Waals surface area (Å²) in [4.78, 5) is 0. The van der Waals surface area contributed by atoms with Crippen molar-refractivity contribution in [3.05, 3.63) is 53.3 Å². The van der Waals surface area contributed by atoms with Gasteiger partial charge in [0, 0.05) is 25.0 Å². The second kappa shape index (κ2) is 5.10. The zero-order valence-corrected chi connectivity index (χ0v) is 11.0. The fourth-order valence-corrected chi connectivity index (χ4v) is 2.91. The number of aromatic hydroxyl groups is 1. The third kappa shape index (κ3) is 2.66. The van der Waals surface area contributed by atoms with E-state index in [0.717, 1.165) is 24.9 Å². The van der Waals surface area contributed by atoms with E-state index in [0.29, 0.717) is 5.75 Å². The summed E-state index contributed by atoms with van der Waals surface area (Å²) in [7, 11) is 0. The minimum atomic E-state index is 0.183. The van der Waals surface area contributed by atoms with Crippen LogP contribution in [0.2, 0.25) is 0 Å². The number of nitrogens with two attached hydrogens (primary N) is 1. The molecule has 0 aliphatic heterocycles. The van der Waals surface area contributed by atoms with E-state index in [1.165, 1.54) is 24.0 Å². The summed E-state index contributed by atoms with van der Waals surface area (Å²) in [6.45, 7) is 0.786. The van der Waals surface area contributed by atoms with Gasteiger partial charge in [0.25, 0.3) is 0 Å². The molecule has 100 valence electrons. The lowest BCUT2D eigenvalue weighted by atomic mass is 10.1. The number of nitrogens with zero attached hydrogens (tertiary/aromatic N) is 1. The lowest BCUT2D eigenvalue weighted by molar-refractivity contribution is 0.474. The number of aromatic nitrogens is 1. The molecule has 0 saturated carbocycles. The van der Waals surface area contributed by atoms with Gasteiger partial charge in [0.2, 0.25) is 0 Å². The summed E-state index contributed by atoms with van der Waals surface area (Å²) in [5.41, 5.74) is 10.0. The Morgan fingerprint density at radius 1 is 1.26 bits per heavy atom. The van der Waals surface area contributed by atoms with Gasteiger partial charge in [-0.2, -0.15) is 0 Å². The standard InChI is InChI=1S/C16H20N2O/c17-16-7-2-1-5-13-10-18(11-15(13)16)9-12-4-3-6-14(19)8-12/h3-4,6,8,10-11,16,19H,1-2,5,7,9,17H2. The maximum atomic E-state index is 9.50. The van der Waals surface area contributed by atoms with Crippen LogP contribution in [0.5, 0.6) is 5.75 Å². The lowest BCUT2D eigenvalue weighted by Gasteiger charge is -2.07. The van der Waals surface area contributed by atoms with E-state index >= 15 is 0 Å². The fourth-order valence-electron chi connectivity index (χ4n) is 2.91. The number of benzene rings is 1. The summed E-state index contributed by atoms with van der Waals surface area (Å²) in [6.07, 6.45) is 9.07. The first kappa shape index (κ1) is 12.3. The maximum absolute atomic E-state index is 9.50. The van der Waals surface area contributed by atoms with Crippen LogP contribution in [0.3, 0.4) is 0 Å². The molecule has 0 spiro atoms. The molecule has 3 rings (SSSR count). The highest BCUT2D eigenvalue weighted by Gasteiger charge is 2.17. The third-order valence-corrected chi connectivity index (χ3v) is 3.88. The number of phenols is 1. The van der Waals surface area contributed by atoms with E-state index < -0.39 is 0 Å². The molecule has 1 unspecified atom stereocenters. The molecule has 0 radical (unpaired) electrons. The van der Waals surface area contributed by atoms with Crippen LogP contribution in [-0.4, -0.2) is 9.67 Å². The van der Waals surface area contributed by atoms with Crippen LogP contribution in [0, 0.1) is 0 Å². The summed E-state index contributed by atoms with van der Waals surface area (Å²) in [5, 5.41) is 9.50. The average molecular weight is 256 g/mol. The number of aryl methyl sites for hydroxylation is 1. The van der Waals surface area contributed by atoms with Crippen LogP contribution in [0.1, 0.15) is 42.0 Å². The Kier molecular flexibility index (Phi) is 3.30. The highest BCUT2D eigenvalue weighted by atomic mass is 16.3. The monoisotopic (exact) mass is 256 g/mol. The first-order valence-corrected chi connectivity index (χ1v) is 6.94. The van der Waals surface area contributed by atoms with Gasteiger partial charge in [-0.15, -0.1) is 0 Å². The van der Waals surface area contributed by atoms with E-state index in [2.05, 4.69) is 17.0 Å². The van der Waals surface area contributed by atoms with Crippen molar-refractivity contribution in [2.24, 2.45) is 5.73 Å². The number of hydrogen-bond donors (Lipinski definition) is 2. The average Bonchev–Trinajstić information content (AvgIpc) is 2.70. The van der Waals surface area contributed by atoms with Crippen molar-refractivity contribution >= 4 is 0 Å². The van der Waals surface area contributed by atoms with Gasteiger partial charge in [-0.1, -0.05) is 18.6 Å². The van der Waals surface area contributed by atoms with Gasteiger partial charge in [-0.05, 0) is 48.1 Å². The summed E-state index contributed by atoms with van der Waals surface area (Å²) in [5.74, 6) is 0.322. The van der Waals surface area contributed by atoms with Crippen LogP contribution in [-0.2, 0) is 13.0 Å². The third-order valence-electron chi connectivity index (χ3n) is 3.88. The first-order chi connectivity index (χ1) is 9.22. The van der Waals surface area contributed by atoms with E-state index in [1.54, 1.807) is 6.07 Å². The minimum Gasteiger partial charge on any atom is -0.508 e. The summed E-state index contributed by atoms with van der Waals surface area (Å²) < 4.78 is 2.19. The molecule has 3 nitrogen and oxygen atoms in total. The molecule has 1 aromatic carbocycles. The Labute approximate surface area is 113 Å². The number of hydrogen-bond acceptors (Lipinski definition) is 2. The topological polar surface area (TPSA) is 51.2 Å². The van der Waals surface area contributed by atoms with Crippen molar-refractivity contribution in [3.63, 3.8) is 0 Å². The Morgan fingerprint density at radius 2 is 2.16 bits per heavy atom. The van der Waals surface area contributed by atoms with E-state index in [-0.39, 0.29) is 6.04 Å². The highest BCUT2D eigenvalue weighted by molar-refractivity contribution is 5.31. The van der Waals surface area contributed by atoms with Crippen molar-refractivity contribution in [1.29, 1.82) is 0 Å². The number of phenolic OH excluding ortho intramolecular Hbond substituents is 1. The first-order valence-electron chi connectivity index (χ1n) is 6.94. The van der Waals surface area contributed by atoms with Gasteiger partial charge in [0.1, 0.15) is 5.75 Å². The normalized spacial score (nSPS) is 18.9. The van der Waals surface area contributed by atoms with Gasteiger partial charge >= 0.3 is 0 Å². The Hall–Kier alpha value is -1.74. The molecule has 1 aliphatic rings. The minimum absolute atomic E-state index is 0.183. The van der Waals surface area contributed by atoms with E-state index in [4.69, 9.17) is 5.73 Å². The lowest BCUT2D eigenvalue weighted by Crippen LogP contribution is -2.09. The van der Waals surface area contributed by atoms with Crippen LogP contribution in [0.25, 0.3) is 0 Å². The molecule has 0 fully saturated rings. The van der Waals surface area contributed by atoms with Crippen LogP contribution in [0.15, 0.2) is 36.7 Å². The molecule has 3 N–H and O–H groups in total. The zero-order valence-electron chi connectivity index (χ0n) is 11.0. The van der Waals surface area contributed by atoms with Crippen LogP contribution < -0.4 is 5.73 Å². The molecule has 3 heteroatoms. The molecule has 1 aromatic heterocycles. The second-order valence-corrected chi connectivity index (χ2v) is 5.43. The molecule has 0 amide bonds. The second-order valence-electron chi connectivity index (χ2n) is 5.43. The Balaban J connectivity index is 1.85. The van der Waals surface area contributed by atoms with Gasteiger partial charge in [-0.25, -0.2) is 0 Å². The van der Waals surface area contributed by atoms with Gasteiger partial charge < -0.3 is 15.4 Å². The number of fused-ring (bicyclic) bond motifs is 1. The van der Waals surface area contributed by atoms with Crippen LogP contribution >= 0.6 is 0 Å². The Bertz CT molecular complexity index is 574. The summed E-state index contributed by atoms with van der Waals surface area (Å²) in [6, 6.07) is 7.61. The molecule has 19 heavy (non-hydrogen) atoms. The Morgan fingerprint density at radius 3 is 3.00 bits per heavy atom. The highest BCUT2D eigenvalue weighted by Crippen LogP contribution is 2.28. The smallest absolute Gasteiger partial charge is 0.115 e. The van der Waals surface area contributed by atoms with Crippen molar-refractivity contribution in [1.82, 2.24) is 4.57 Å². The molecule has 1 heterocycles. The fraction of sp³-hybridized carbons (Fsp3) is 0.375. The van der Waals surface area contributed by atoms with E-state index in [1.807, 2.05) is 18.2 Å². The molecule has 2 aromatic rings. The van der Waals surface area contributed by atoms with Crippen molar-refractivity contribution in [3.8, 4) is 5.75 Å². The van der Waals surface area contributed by atoms with Gasteiger partial charge in [-0.3, -0.25) is 0 Å². The molecule has 1 aliphatic carbocycles. The van der Waals surface area contributed by atoms with E-state index in [9.17, 15) is 5.11 Å². The van der Waals surface area contributed by atoms with Crippen molar-refractivity contribution < 1.29 is 5.11 Å². The van der Waals surface area contributed by atoms with Crippen LogP contribution in [0.4, 0.5) is 0 Å². The molecule has 0 bridgehead atoms. The predicted octanol–water partition coefficient (Wildman–Crippen LogP) is 2.97. The molecule has 1 atom stereocenters. The van der Waals surface area contributed by atoms with Gasteiger partial charge in [0.15, 0.2) is 0 Å². The summed E-state index contributed by atoms with van der Waals surface area (Å²) >= 11 is 0. The zero-order chi connectivity index (χ0) is 13.2. The molecular formula is C16H20N2O. The predicted molar refractivity (Wildman–Crippen MR) is 76.1 cm³/mol. The SMILES string of the molecule is NC1CCCCc2cn(Cc3cccc(O)c3)cc21. The number of rotatable bonds is 2. The molecule has 0 saturated heterocycles.